The standard InChI is InChI=1S/C20H19N5O2/c1-14(12-25-13-22-17-10-6-5-9-16(17)20(25)26)21-11-18-23-24-19(27-18)15-7-3-2-4-8-15/h2-10,13-14,21H,11-12H2,1H3/t14-/m1/s1. The third-order valence-corrected chi connectivity index (χ3v) is 4.29. The van der Waals surface area contributed by atoms with Crippen LogP contribution in [-0.2, 0) is 13.1 Å². The summed E-state index contributed by atoms with van der Waals surface area (Å²) in [5, 5.41) is 12.1. The molecule has 0 saturated carbocycles. The van der Waals surface area contributed by atoms with Crippen molar-refractivity contribution in [2.24, 2.45) is 0 Å². The van der Waals surface area contributed by atoms with E-state index in [4.69, 9.17) is 4.42 Å². The minimum Gasteiger partial charge on any atom is -0.419 e. The molecule has 0 saturated heterocycles. The van der Waals surface area contributed by atoms with Gasteiger partial charge < -0.3 is 9.73 Å². The molecule has 0 bridgehead atoms. The predicted octanol–water partition coefficient (Wildman–Crippen LogP) is 2.62. The zero-order valence-electron chi connectivity index (χ0n) is 14.9. The molecule has 2 aromatic heterocycles. The molecule has 0 aliphatic rings. The molecule has 7 heteroatoms. The van der Waals surface area contributed by atoms with E-state index in [0.29, 0.717) is 35.8 Å². The average Bonchev–Trinajstić information content (AvgIpc) is 3.19. The van der Waals surface area contributed by atoms with Crippen molar-refractivity contribution in [3.05, 3.63) is 77.2 Å². The van der Waals surface area contributed by atoms with Crippen molar-refractivity contribution in [3.8, 4) is 11.5 Å². The summed E-state index contributed by atoms with van der Waals surface area (Å²) < 4.78 is 7.30. The lowest BCUT2D eigenvalue weighted by Gasteiger charge is -2.14. The molecule has 0 aliphatic heterocycles. The Morgan fingerprint density at radius 1 is 1.07 bits per heavy atom. The smallest absolute Gasteiger partial charge is 0.261 e. The Morgan fingerprint density at radius 2 is 1.85 bits per heavy atom. The van der Waals surface area contributed by atoms with Gasteiger partial charge in [-0.25, -0.2) is 4.98 Å². The van der Waals surface area contributed by atoms with E-state index in [0.717, 1.165) is 5.56 Å². The molecule has 7 nitrogen and oxygen atoms in total. The second-order valence-corrected chi connectivity index (χ2v) is 6.37. The Morgan fingerprint density at radius 3 is 2.70 bits per heavy atom. The number of aromatic nitrogens is 4. The number of fused-ring (bicyclic) bond motifs is 1. The number of nitrogens with zero attached hydrogens (tertiary/aromatic N) is 4. The van der Waals surface area contributed by atoms with Crippen LogP contribution in [0.25, 0.3) is 22.4 Å². The maximum atomic E-state index is 12.6. The highest BCUT2D eigenvalue weighted by Gasteiger charge is 2.11. The van der Waals surface area contributed by atoms with Gasteiger partial charge in [0.05, 0.1) is 23.8 Å². The molecule has 0 aliphatic carbocycles. The average molecular weight is 361 g/mol. The van der Waals surface area contributed by atoms with E-state index in [1.807, 2.05) is 55.5 Å². The first-order valence-corrected chi connectivity index (χ1v) is 8.76. The molecular weight excluding hydrogens is 342 g/mol. The molecule has 0 amide bonds. The number of para-hydroxylation sites is 1. The van der Waals surface area contributed by atoms with E-state index in [-0.39, 0.29) is 11.6 Å². The highest BCUT2D eigenvalue weighted by atomic mass is 16.4. The van der Waals surface area contributed by atoms with Gasteiger partial charge in [-0.05, 0) is 31.2 Å². The van der Waals surface area contributed by atoms with E-state index >= 15 is 0 Å². The van der Waals surface area contributed by atoms with Crippen LogP contribution in [0.1, 0.15) is 12.8 Å². The number of nitrogens with one attached hydrogen (secondary N) is 1. The van der Waals surface area contributed by atoms with Gasteiger partial charge in [-0.2, -0.15) is 0 Å². The molecule has 27 heavy (non-hydrogen) atoms. The summed E-state index contributed by atoms with van der Waals surface area (Å²) in [4.78, 5) is 16.9. The maximum absolute atomic E-state index is 12.6. The molecule has 2 heterocycles. The van der Waals surface area contributed by atoms with Crippen molar-refractivity contribution in [2.45, 2.75) is 26.1 Å². The topological polar surface area (TPSA) is 85.8 Å². The van der Waals surface area contributed by atoms with Crippen LogP contribution >= 0.6 is 0 Å². The lowest BCUT2D eigenvalue weighted by molar-refractivity contribution is 0.419. The van der Waals surface area contributed by atoms with Crippen LogP contribution in [0.2, 0.25) is 0 Å². The van der Waals surface area contributed by atoms with Gasteiger partial charge in [0.1, 0.15) is 0 Å². The van der Waals surface area contributed by atoms with Crippen LogP contribution in [0.3, 0.4) is 0 Å². The third-order valence-electron chi connectivity index (χ3n) is 4.29. The van der Waals surface area contributed by atoms with Gasteiger partial charge in [-0.1, -0.05) is 30.3 Å². The quantitative estimate of drug-likeness (QED) is 0.568. The first kappa shape index (κ1) is 17.1. The van der Waals surface area contributed by atoms with Crippen LogP contribution in [0, 0.1) is 0 Å². The summed E-state index contributed by atoms with van der Waals surface area (Å²) in [5.74, 6) is 1.000. The van der Waals surface area contributed by atoms with Crippen molar-refractivity contribution in [2.75, 3.05) is 0 Å². The lowest BCUT2D eigenvalue weighted by atomic mass is 10.2. The number of rotatable bonds is 6. The van der Waals surface area contributed by atoms with Crippen molar-refractivity contribution in [1.29, 1.82) is 0 Å². The maximum Gasteiger partial charge on any atom is 0.261 e. The Bertz CT molecular complexity index is 1100. The fraction of sp³-hybridized carbons (Fsp3) is 0.200. The van der Waals surface area contributed by atoms with Gasteiger partial charge in [0, 0.05) is 18.2 Å². The fourth-order valence-corrected chi connectivity index (χ4v) is 2.88. The SMILES string of the molecule is C[C@H](Cn1cnc2ccccc2c1=O)NCc1nnc(-c2ccccc2)o1. The molecule has 0 unspecified atom stereocenters. The molecule has 136 valence electrons. The highest BCUT2D eigenvalue weighted by molar-refractivity contribution is 5.76. The van der Waals surface area contributed by atoms with Gasteiger partial charge in [-0.3, -0.25) is 9.36 Å². The second kappa shape index (κ2) is 7.51. The number of hydrogen-bond donors (Lipinski definition) is 1. The molecule has 0 radical (unpaired) electrons. The minimum absolute atomic E-state index is 0.0257. The van der Waals surface area contributed by atoms with Crippen LogP contribution in [0.4, 0.5) is 0 Å². The van der Waals surface area contributed by atoms with Gasteiger partial charge in [0.25, 0.3) is 5.56 Å². The van der Waals surface area contributed by atoms with Crippen LogP contribution in [0.15, 0.2) is 70.1 Å². The van der Waals surface area contributed by atoms with Crippen LogP contribution in [0.5, 0.6) is 0 Å². The van der Waals surface area contributed by atoms with E-state index in [9.17, 15) is 4.79 Å². The zero-order chi connectivity index (χ0) is 18.6. The molecule has 4 rings (SSSR count). The van der Waals surface area contributed by atoms with E-state index < -0.39 is 0 Å². The summed E-state index contributed by atoms with van der Waals surface area (Å²) in [6.07, 6.45) is 1.59. The van der Waals surface area contributed by atoms with Crippen molar-refractivity contribution in [3.63, 3.8) is 0 Å². The Kier molecular flexibility index (Phi) is 4.76. The van der Waals surface area contributed by atoms with Gasteiger partial charge in [0.15, 0.2) is 0 Å². The minimum atomic E-state index is -0.0431. The summed E-state index contributed by atoms with van der Waals surface area (Å²) in [5.41, 5.74) is 1.55. The highest BCUT2D eigenvalue weighted by Crippen LogP contribution is 2.16. The summed E-state index contributed by atoms with van der Waals surface area (Å²) >= 11 is 0. The monoisotopic (exact) mass is 361 g/mol. The zero-order valence-corrected chi connectivity index (χ0v) is 14.9. The van der Waals surface area contributed by atoms with Gasteiger partial charge >= 0.3 is 0 Å². The molecule has 1 N–H and O–H groups in total. The van der Waals surface area contributed by atoms with Gasteiger partial charge in [-0.15, -0.1) is 10.2 Å². The second-order valence-electron chi connectivity index (χ2n) is 6.37. The predicted molar refractivity (Wildman–Crippen MR) is 102 cm³/mol. The first-order chi connectivity index (χ1) is 13.2. The lowest BCUT2D eigenvalue weighted by Crippen LogP contribution is -2.34. The van der Waals surface area contributed by atoms with Crippen molar-refractivity contribution >= 4 is 10.9 Å². The third kappa shape index (κ3) is 3.78. The summed E-state index contributed by atoms with van der Waals surface area (Å²) in [6, 6.07) is 17.0. The number of benzene rings is 2. The molecule has 2 aromatic carbocycles. The van der Waals surface area contributed by atoms with E-state index in [1.165, 1.54) is 0 Å². The van der Waals surface area contributed by atoms with Crippen molar-refractivity contribution < 1.29 is 4.42 Å². The molecule has 4 aromatic rings. The molecule has 0 spiro atoms. The molecule has 1 atom stereocenters. The Labute approximate surface area is 155 Å². The van der Waals surface area contributed by atoms with E-state index in [1.54, 1.807) is 17.0 Å². The molecule has 0 fully saturated rings. The molecular formula is C20H19N5O2. The normalized spacial score (nSPS) is 12.3. The summed E-state index contributed by atoms with van der Waals surface area (Å²) in [6.45, 7) is 2.92. The van der Waals surface area contributed by atoms with Crippen LogP contribution in [-0.4, -0.2) is 25.8 Å². The number of hydrogen-bond acceptors (Lipinski definition) is 6. The first-order valence-electron chi connectivity index (χ1n) is 8.76. The largest absolute Gasteiger partial charge is 0.419 e. The van der Waals surface area contributed by atoms with Crippen LogP contribution < -0.4 is 10.9 Å². The Balaban J connectivity index is 1.40. The van der Waals surface area contributed by atoms with Gasteiger partial charge in [0.2, 0.25) is 11.8 Å². The van der Waals surface area contributed by atoms with Crippen molar-refractivity contribution in [1.82, 2.24) is 25.1 Å². The Hall–Kier alpha value is -3.32. The summed E-state index contributed by atoms with van der Waals surface area (Å²) in [7, 11) is 0. The fourth-order valence-electron chi connectivity index (χ4n) is 2.88. The van der Waals surface area contributed by atoms with E-state index in [2.05, 4.69) is 20.5 Å².